The lowest BCUT2D eigenvalue weighted by Crippen LogP contribution is -2.44. The molecule has 0 unspecified atom stereocenters. The lowest BCUT2D eigenvalue weighted by atomic mass is 9.86. The van der Waals surface area contributed by atoms with Gasteiger partial charge in [-0.05, 0) is 74.6 Å². The van der Waals surface area contributed by atoms with Gasteiger partial charge in [-0.15, -0.1) is 4.99 Å². The molecule has 1 fully saturated rings. The number of aryl methyl sites for hydroxylation is 2. The second-order valence-electron chi connectivity index (χ2n) is 13.0. The smallest absolute Gasteiger partial charge is 0.437 e. The molecule has 2 amide bonds. The summed E-state index contributed by atoms with van der Waals surface area (Å²) in [7, 11) is 0. The molecule has 2 aromatic carbocycles. The van der Waals surface area contributed by atoms with Crippen molar-refractivity contribution in [1.82, 2.24) is 20.4 Å². The number of aliphatic imine (C=N–C) groups is 1. The van der Waals surface area contributed by atoms with Gasteiger partial charge in [-0.2, -0.15) is 18.2 Å². The molecule has 0 aliphatic carbocycles. The molecule has 0 bridgehead atoms. The van der Waals surface area contributed by atoms with Crippen LogP contribution in [0.3, 0.4) is 0 Å². The molecule has 1 atom stereocenters. The fourth-order valence-corrected chi connectivity index (χ4v) is 5.04. The normalized spacial score (nSPS) is 16.2. The number of ether oxygens (including phenoxy) is 1. The first-order valence-corrected chi connectivity index (χ1v) is 14.6. The topological polar surface area (TPSA) is 130 Å². The quantitative estimate of drug-likeness (QED) is 0.219. The van der Waals surface area contributed by atoms with Crippen molar-refractivity contribution >= 4 is 18.1 Å². The average Bonchev–Trinajstić information content (AvgIpc) is 3.59. The molecule has 1 aliphatic rings. The maximum Gasteiger partial charge on any atom is 0.437 e. The Labute approximate surface area is 259 Å². The zero-order valence-electron chi connectivity index (χ0n) is 26.2. The average molecular weight is 630 g/mol. The van der Waals surface area contributed by atoms with Gasteiger partial charge in [0.2, 0.25) is 17.7 Å². The molecule has 242 valence electrons. The van der Waals surface area contributed by atoms with Crippen LogP contribution in [0.4, 0.5) is 22.8 Å². The number of aromatic nitrogens is 2. The summed E-state index contributed by atoms with van der Waals surface area (Å²) in [6, 6.07) is 11.2. The molecule has 2 N–H and O–H groups in total. The Balaban J connectivity index is 1.56. The van der Waals surface area contributed by atoms with Gasteiger partial charge in [0.1, 0.15) is 11.6 Å². The summed E-state index contributed by atoms with van der Waals surface area (Å²) >= 11 is 0. The molecule has 10 nitrogen and oxygen atoms in total. The summed E-state index contributed by atoms with van der Waals surface area (Å²) in [5.41, 5.74) is 0.702. The fraction of sp³-hybridized carbons (Fsp3) is 0.469. The zero-order valence-corrected chi connectivity index (χ0v) is 26.2. The number of hydrogen-bond donors (Lipinski definition) is 2. The van der Waals surface area contributed by atoms with Crippen molar-refractivity contribution in [2.75, 3.05) is 6.54 Å². The summed E-state index contributed by atoms with van der Waals surface area (Å²) in [5.74, 6) is -0.290. The first kappa shape index (κ1) is 33.5. The van der Waals surface area contributed by atoms with Crippen LogP contribution in [0.2, 0.25) is 0 Å². The van der Waals surface area contributed by atoms with E-state index < -0.39 is 35.6 Å². The number of carbonyl (C=O) groups excluding carboxylic acids is 1. The number of rotatable bonds is 5. The van der Waals surface area contributed by atoms with E-state index in [4.69, 9.17) is 9.26 Å². The van der Waals surface area contributed by atoms with Crippen LogP contribution in [0.15, 0.2) is 52.0 Å². The number of nitrogens with zero attached hydrogens (tertiary/aromatic N) is 4. The van der Waals surface area contributed by atoms with Crippen LogP contribution in [-0.4, -0.2) is 50.4 Å². The minimum atomic E-state index is -4.61. The van der Waals surface area contributed by atoms with E-state index in [1.54, 1.807) is 20.8 Å². The number of hydrogen-bond acceptors (Lipinski definition) is 6. The SMILES string of the molecule is CC(C)(C)OC(=O)N=C(NC(=O)O)N1CCC[C@H]1c1nc(-c2ccc(CCc3ccc(C(C)(C)C)cc3)c(C(F)(F)F)c2)no1. The summed E-state index contributed by atoms with van der Waals surface area (Å²) in [6.45, 7) is 11.5. The standard InChI is InChI=1S/C32H38F3N5O5/c1-30(2,3)22-15-10-19(11-16-22)9-12-20-13-14-21(18-23(20)32(33,34)35)25-36-26(45-39-25)24-8-7-17-40(24)27(37-28(41)42)38-29(43)44-31(4,5)6/h10-11,13-16,18,24H,7-9,12,17H2,1-6H3,(H,41,42)(H,37,38,43)/t24-/m0/s1. The van der Waals surface area contributed by atoms with Crippen LogP contribution in [0, 0.1) is 0 Å². The van der Waals surface area contributed by atoms with Crippen molar-refractivity contribution in [2.24, 2.45) is 4.99 Å². The number of amides is 2. The third-order valence-corrected chi connectivity index (χ3v) is 7.24. The number of carboxylic acid groups (broad SMARTS) is 1. The van der Waals surface area contributed by atoms with Crippen LogP contribution in [0.1, 0.15) is 88.6 Å². The molecule has 3 aromatic rings. The van der Waals surface area contributed by atoms with Crippen molar-refractivity contribution in [3.63, 3.8) is 0 Å². The van der Waals surface area contributed by atoms with E-state index in [1.807, 2.05) is 24.3 Å². The molecular weight excluding hydrogens is 591 g/mol. The number of alkyl halides is 3. The van der Waals surface area contributed by atoms with E-state index in [0.717, 1.165) is 17.2 Å². The zero-order chi connectivity index (χ0) is 33.2. The molecule has 2 heterocycles. The molecule has 4 rings (SSSR count). The summed E-state index contributed by atoms with van der Waals surface area (Å²) in [4.78, 5) is 33.4. The van der Waals surface area contributed by atoms with Crippen molar-refractivity contribution in [3.8, 4) is 11.4 Å². The van der Waals surface area contributed by atoms with Gasteiger partial charge in [0.05, 0.1) is 5.56 Å². The Kier molecular flexibility index (Phi) is 9.59. The second kappa shape index (κ2) is 12.9. The maximum atomic E-state index is 14.2. The van der Waals surface area contributed by atoms with Gasteiger partial charge >= 0.3 is 18.4 Å². The molecule has 1 aliphatic heterocycles. The number of benzene rings is 2. The third-order valence-electron chi connectivity index (χ3n) is 7.24. The number of halogens is 3. The van der Waals surface area contributed by atoms with Gasteiger partial charge < -0.3 is 19.3 Å². The molecule has 1 aromatic heterocycles. The Morgan fingerprint density at radius 2 is 1.76 bits per heavy atom. The minimum absolute atomic E-state index is 0.0196. The van der Waals surface area contributed by atoms with Crippen molar-refractivity contribution in [1.29, 1.82) is 0 Å². The van der Waals surface area contributed by atoms with E-state index in [2.05, 4.69) is 41.2 Å². The van der Waals surface area contributed by atoms with Gasteiger partial charge in [0, 0.05) is 12.1 Å². The third kappa shape index (κ3) is 8.83. The van der Waals surface area contributed by atoms with E-state index in [0.29, 0.717) is 25.8 Å². The highest BCUT2D eigenvalue weighted by Gasteiger charge is 2.36. The van der Waals surface area contributed by atoms with Crippen LogP contribution < -0.4 is 5.32 Å². The van der Waals surface area contributed by atoms with Crippen molar-refractivity contribution in [2.45, 2.75) is 90.5 Å². The minimum Gasteiger partial charge on any atom is -0.465 e. The summed E-state index contributed by atoms with van der Waals surface area (Å²) in [5, 5.41) is 15.4. The lowest BCUT2D eigenvalue weighted by Gasteiger charge is -2.25. The highest BCUT2D eigenvalue weighted by Crippen LogP contribution is 2.37. The monoisotopic (exact) mass is 629 g/mol. The van der Waals surface area contributed by atoms with E-state index in [1.165, 1.54) is 17.0 Å². The Bertz CT molecular complexity index is 1550. The fourth-order valence-electron chi connectivity index (χ4n) is 5.04. The first-order valence-electron chi connectivity index (χ1n) is 14.6. The predicted octanol–water partition coefficient (Wildman–Crippen LogP) is 7.53. The largest absolute Gasteiger partial charge is 0.465 e. The molecule has 13 heteroatoms. The van der Waals surface area contributed by atoms with Crippen LogP contribution in [-0.2, 0) is 29.2 Å². The van der Waals surface area contributed by atoms with Crippen LogP contribution in [0.25, 0.3) is 11.4 Å². The molecule has 1 saturated heterocycles. The summed E-state index contributed by atoms with van der Waals surface area (Å²) < 4.78 is 53.2. The Hall–Kier alpha value is -4.42. The molecule has 0 radical (unpaired) electrons. The van der Waals surface area contributed by atoms with Crippen molar-refractivity contribution < 1.29 is 37.1 Å². The van der Waals surface area contributed by atoms with E-state index in [9.17, 15) is 27.9 Å². The Morgan fingerprint density at radius 3 is 2.36 bits per heavy atom. The van der Waals surface area contributed by atoms with Crippen LogP contribution >= 0.6 is 0 Å². The second-order valence-corrected chi connectivity index (χ2v) is 13.0. The van der Waals surface area contributed by atoms with E-state index in [-0.39, 0.29) is 40.6 Å². The van der Waals surface area contributed by atoms with Gasteiger partial charge in [-0.25, -0.2) is 9.59 Å². The van der Waals surface area contributed by atoms with Gasteiger partial charge in [0.25, 0.3) is 0 Å². The van der Waals surface area contributed by atoms with E-state index >= 15 is 0 Å². The Morgan fingerprint density at radius 1 is 1.07 bits per heavy atom. The summed E-state index contributed by atoms with van der Waals surface area (Å²) in [6.07, 6.45) is -5.40. The number of likely N-dealkylation sites (tertiary alicyclic amines) is 1. The highest BCUT2D eigenvalue weighted by molar-refractivity contribution is 5.98. The maximum absolute atomic E-state index is 14.2. The van der Waals surface area contributed by atoms with Gasteiger partial charge in [-0.3, -0.25) is 5.32 Å². The van der Waals surface area contributed by atoms with Crippen molar-refractivity contribution in [3.05, 3.63) is 70.6 Å². The number of guanidine groups is 1. The van der Waals surface area contributed by atoms with Gasteiger partial charge in [0.15, 0.2) is 0 Å². The predicted molar refractivity (Wildman–Crippen MR) is 161 cm³/mol. The molecular formula is C32H38F3N5O5. The lowest BCUT2D eigenvalue weighted by molar-refractivity contribution is -0.138. The highest BCUT2D eigenvalue weighted by atomic mass is 19.4. The molecule has 0 spiro atoms. The van der Waals surface area contributed by atoms with Gasteiger partial charge in [-0.1, -0.05) is 62.3 Å². The van der Waals surface area contributed by atoms with Crippen LogP contribution in [0.5, 0.6) is 0 Å². The first-order chi connectivity index (χ1) is 20.9. The number of nitrogens with one attached hydrogen (secondary N) is 1. The molecule has 0 saturated carbocycles. The molecule has 45 heavy (non-hydrogen) atoms. The number of carbonyl (C=O) groups is 2.